The summed E-state index contributed by atoms with van der Waals surface area (Å²) in [6, 6.07) is 8.49. The Bertz CT molecular complexity index is 1400. The number of pyridine rings is 1. The van der Waals surface area contributed by atoms with E-state index in [1.165, 1.54) is 40.5 Å². The third-order valence-electron chi connectivity index (χ3n) is 8.76. The number of thioether (sulfide) groups is 1. The summed E-state index contributed by atoms with van der Waals surface area (Å²) in [6.45, 7) is 6.42. The van der Waals surface area contributed by atoms with Gasteiger partial charge in [-0.05, 0) is 61.6 Å². The van der Waals surface area contributed by atoms with E-state index >= 15 is 0 Å². The number of ether oxygens (including phenoxy) is 4. The number of likely N-dealkylation sites (tertiary alicyclic amines) is 1. The van der Waals surface area contributed by atoms with Crippen molar-refractivity contribution in [2.24, 2.45) is 0 Å². The summed E-state index contributed by atoms with van der Waals surface area (Å²) in [5.74, 6) is -0.0346. The molecule has 3 rings (SSSR count). The van der Waals surface area contributed by atoms with Crippen molar-refractivity contribution in [3.05, 3.63) is 35.4 Å². The van der Waals surface area contributed by atoms with Crippen LogP contribution in [0.4, 0.5) is 5.82 Å². The number of aryl methyl sites for hydroxylation is 2. The standard InChI is InChI=1S/C38H59N5O8S/c1-3-4-6-11-30-27-31-29(12-9-13-32(31)42-37(30)39)10-7-5-8-16-40-35(45)15-19-48-21-23-50-25-26-51-24-22-49-20-17-41-34(44)14-18-43-36(46)28-33(52-2)38(43)47/h9,12-13,27,33H,3-8,10-11,14-26,28H2,1-2H3,(H2,39,42)(H,40,45)(H,41,44). The second-order valence-corrected chi connectivity index (χ2v) is 13.8. The third kappa shape index (κ3) is 16.2. The summed E-state index contributed by atoms with van der Waals surface area (Å²) in [6.07, 6.45) is 10.8. The number of nitrogens with two attached hydrogens (primary N) is 1. The van der Waals surface area contributed by atoms with Crippen LogP contribution in [0.15, 0.2) is 24.3 Å². The quantitative estimate of drug-likeness (QED) is 0.0817. The van der Waals surface area contributed by atoms with E-state index < -0.39 is 0 Å². The first-order valence-corrected chi connectivity index (χ1v) is 20.0. The largest absolute Gasteiger partial charge is 0.383 e. The van der Waals surface area contributed by atoms with E-state index in [9.17, 15) is 19.2 Å². The number of carbonyl (C=O) groups is 4. The molecule has 1 aromatic carbocycles. The molecule has 4 N–H and O–H groups in total. The molecule has 290 valence electrons. The fourth-order valence-electron chi connectivity index (χ4n) is 5.79. The highest BCUT2D eigenvalue weighted by atomic mass is 32.2. The molecule has 0 radical (unpaired) electrons. The lowest BCUT2D eigenvalue weighted by atomic mass is 9.99. The number of amides is 4. The summed E-state index contributed by atoms with van der Waals surface area (Å²) >= 11 is 1.35. The molecule has 0 bridgehead atoms. The molecule has 1 aliphatic heterocycles. The van der Waals surface area contributed by atoms with Crippen LogP contribution < -0.4 is 16.4 Å². The topological polar surface area (TPSA) is 171 Å². The minimum atomic E-state index is -0.335. The van der Waals surface area contributed by atoms with Crippen LogP contribution >= 0.6 is 11.8 Å². The number of rotatable bonds is 29. The van der Waals surface area contributed by atoms with Crippen molar-refractivity contribution in [1.29, 1.82) is 0 Å². The van der Waals surface area contributed by atoms with Crippen LogP contribution in [-0.2, 0) is 51.0 Å². The van der Waals surface area contributed by atoms with Crippen molar-refractivity contribution < 1.29 is 38.1 Å². The van der Waals surface area contributed by atoms with Crippen LogP contribution in [0.1, 0.15) is 75.8 Å². The van der Waals surface area contributed by atoms with E-state index in [1.54, 1.807) is 6.26 Å². The normalized spacial score (nSPS) is 14.4. The summed E-state index contributed by atoms with van der Waals surface area (Å²) < 4.78 is 21.9. The molecule has 1 atom stereocenters. The molecule has 1 unspecified atom stereocenters. The van der Waals surface area contributed by atoms with Crippen molar-refractivity contribution in [2.75, 3.05) is 84.5 Å². The Morgan fingerprint density at radius 1 is 0.827 bits per heavy atom. The maximum absolute atomic E-state index is 12.1. The molecule has 14 heteroatoms. The Hall–Kier alpha value is -3.30. The van der Waals surface area contributed by atoms with Gasteiger partial charge in [-0.25, -0.2) is 4.98 Å². The SMILES string of the molecule is CCCCCc1cc2c(CCCCCNC(=O)CCOCCOCCOCCOCCNC(=O)CCN3C(=O)CC(SC)C3=O)cccc2nc1N. The van der Waals surface area contributed by atoms with Crippen molar-refractivity contribution >= 4 is 52.1 Å². The van der Waals surface area contributed by atoms with Gasteiger partial charge in [0.2, 0.25) is 23.6 Å². The van der Waals surface area contributed by atoms with Crippen LogP contribution in [-0.4, -0.2) is 118 Å². The van der Waals surface area contributed by atoms with Gasteiger partial charge in [0.1, 0.15) is 5.82 Å². The van der Waals surface area contributed by atoms with Crippen LogP contribution in [0.5, 0.6) is 0 Å². The van der Waals surface area contributed by atoms with E-state index in [0.29, 0.717) is 78.2 Å². The van der Waals surface area contributed by atoms with Gasteiger partial charge < -0.3 is 35.3 Å². The highest BCUT2D eigenvalue weighted by Gasteiger charge is 2.37. The molecular formula is C38H59N5O8S. The maximum atomic E-state index is 12.1. The van der Waals surface area contributed by atoms with Crippen molar-refractivity contribution in [3.8, 4) is 0 Å². The number of unbranched alkanes of at least 4 members (excludes halogenated alkanes) is 4. The number of fused-ring (bicyclic) bond motifs is 1. The first kappa shape index (κ1) is 43.1. The summed E-state index contributed by atoms with van der Waals surface area (Å²) in [5.41, 5.74) is 9.64. The number of hydrogen-bond donors (Lipinski definition) is 3. The van der Waals surface area contributed by atoms with Gasteiger partial charge >= 0.3 is 0 Å². The predicted molar refractivity (Wildman–Crippen MR) is 204 cm³/mol. The van der Waals surface area contributed by atoms with Gasteiger partial charge in [0, 0.05) is 44.3 Å². The lowest BCUT2D eigenvalue weighted by Gasteiger charge is -2.14. The second kappa shape index (κ2) is 25.6. The number of aromatic nitrogens is 1. The van der Waals surface area contributed by atoms with E-state index in [-0.39, 0.29) is 48.3 Å². The van der Waals surface area contributed by atoms with Crippen LogP contribution in [0.3, 0.4) is 0 Å². The molecule has 2 aromatic rings. The molecule has 0 aliphatic carbocycles. The molecule has 1 aromatic heterocycles. The van der Waals surface area contributed by atoms with E-state index in [1.807, 2.05) is 6.07 Å². The number of nitrogens with zero attached hydrogens (tertiary/aromatic N) is 2. The predicted octanol–water partition coefficient (Wildman–Crippen LogP) is 3.83. The molecule has 0 saturated carbocycles. The molecule has 2 heterocycles. The van der Waals surface area contributed by atoms with Gasteiger partial charge in [-0.1, -0.05) is 38.3 Å². The maximum Gasteiger partial charge on any atom is 0.242 e. The van der Waals surface area contributed by atoms with Crippen molar-refractivity contribution in [3.63, 3.8) is 0 Å². The minimum absolute atomic E-state index is 0.00968. The van der Waals surface area contributed by atoms with Gasteiger partial charge in [-0.15, -0.1) is 0 Å². The molecular weight excluding hydrogens is 687 g/mol. The lowest BCUT2D eigenvalue weighted by molar-refractivity contribution is -0.138. The zero-order chi connectivity index (χ0) is 37.4. The highest BCUT2D eigenvalue weighted by molar-refractivity contribution is 8.00. The number of nitrogens with one attached hydrogen (secondary N) is 2. The zero-order valence-corrected chi connectivity index (χ0v) is 31.9. The van der Waals surface area contributed by atoms with Gasteiger partial charge in [-0.3, -0.25) is 24.1 Å². The smallest absolute Gasteiger partial charge is 0.242 e. The molecule has 52 heavy (non-hydrogen) atoms. The molecule has 1 saturated heterocycles. The van der Waals surface area contributed by atoms with Crippen LogP contribution in [0.2, 0.25) is 0 Å². The number of carbonyl (C=O) groups excluding carboxylic acids is 4. The second-order valence-electron chi connectivity index (χ2n) is 12.7. The van der Waals surface area contributed by atoms with Crippen molar-refractivity contribution in [1.82, 2.24) is 20.5 Å². The number of benzene rings is 1. The fraction of sp³-hybridized carbons (Fsp3) is 0.658. The lowest BCUT2D eigenvalue weighted by Crippen LogP contribution is -2.36. The average molecular weight is 746 g/mol. The zero-order valence-electron chi connectivity index (χ0n) is 31.1. The summed E-state index contributed by atoms with van der Waals surface area (Å²) in [5, 5.41) is 6.56. The van der Waals surface area contributed by atoms with Gasteiger partial charge in [-0.2, -0.15) is 11.8 Å². The Labute approximate surface area is 312 Å². The van der Waals surface area contributed by atoms with Gasteiger partial charge in [0.25, 0.3) is 0 Å². The first-order valence-electron chi connectivity index (χ1n) is 18.7. The Balaban J connectivity index is 1.07. The van der Waals surface area contributed by atoms with Gasteiger partial charge in [0.15, 0.2) is 0 Å². The Morgan fingerprint density at radius 2 is 1.46 bits per heavy atom. The number of nitrogen functional groups attached to an aromatic ring is 1. The van der Waals surface area contributed by atoms with Gasteiger partial charge in [0.05, 0.1) is 63.6 Å². The molecule has 0 spiro atoms. The first-order chi connectivity index (χ1) is 25.3. The molecule has 13 nitrogen and oxygen atoms in total. The van der Waals surface area contributed by atoms with E-state index in [0.717, 1.165) is 49.6 Å². The van der Waals surface area contributed by atoms with E-state index in [4.69, 9.17) is 24.7 Å². The summed E-state index contributed by atoms with van der Waals surface area (Å²) in [4.78, 5) is 54.0. The third-order valence-corrected chi connectivity index (χ3v) is 9.70. The minimum Gasteiger partial charge on any atom is -0.383 e. The highest BCUT2D eigenvalue weighted by Crippen LogP contribution is 2.25. The molecule has 1 aliphatic rings. The Kier molecular flexibility index (Phi) is 21.3. The number of hydrogen-bond acceptors (Lipinski definition) is 11. The van der Waals surface area contributed by atoms with Crippen LogP contribution in [0.25, 0.3) is 10.9 Å². The number of imide groups is 1. The molecule has 4 amide bonds. The summed E-state index contributed by atoms with van der Waals surface area (Å²) in [7, 11) is 0. The van der Waals surface area contributed by atoms with Crippen LogP contribution in [0, 0.1) is 0 Å². The van der Waals surface area contributed by atoms with Crippen molar-refractivity contribution in [2.45, 2.75) is 82.8 Å². The number of anilines is 1. The average Bonchev–Trinajstić information content (AvgIpc) is 3.41. The monoisotopic (exact) mass is 745 g/mol. The van der Waals surface area contributed by atoms with E-state index in [2.05, 4.69) is 40.7 Å². The molecule has 1 fully saturated rings. The Morgan fingerprint density at radius 3 is 2.15 bits per heavy atom. The fourth-order valence-corrected chi connectivity index (χ4v) is 6.43.